The molecule has 3 N–H and O–H groups in total. The topological polar surface area (TPSA) is 140 Å². The van der Waals surface area contributed by atoms with Crippen LogP contribution in [-0.4, -0.2) is 75.0 Å². The van der Waals surface area contributed by atoms with Crippen LogP contribution in [0.5, 0.6) is 11.5 Å². The van der Waals surface area contributed by atoms with E-state index in [4.69, 9.17) is 19.0 Å². The molecule has 0 saturated carbocycles. The van der Waals surface area contributed by atoms with Crippen molar-refractivity contribution in [2.45, 2.75) is 44.5 Å². The number of benzene rings is 2. The number of nitrogens with one attached hydrogen (secondary N) is 1. The lowest BCUT2D eigenvalue weighted by Crippen LogP contribution is -2.54. The number of methoxy groups -OCH3 is 2. The Bertz CT molecular complexity index is 1580. The number of aliphatic hydroxyl groups is 2. The molecule has 1 aliphatic rings. The van der Waals surface area contributed by atoms with Crippen molar-refractivity contribution in [3.8, 4) is 22.8 Å². The summed E-state index contributed by atoms with van der Waals surface area (Å²) in [4.78, 5) is 21.7. The third-order valence-corrected chi connectivity index (χ3v) is 6.99. The zero-order chi connectivity index (χ0) is 30.1. The molecule has 12 heteroatoms. The summed E-state index contributed by atoms with van der Waals surface area (Å²) in [5, 5.41) is 31.5. The first-order chi connectivity index (χ1) is 20.0. The van der Waals surface area contributed by atoms with Crippen LogP contribution in [0.15, 0.2) is 60.8 Å². The highest BCUT2D eigenvalue weighted by molar-refractivity contribution is 5.72. The van der Waals surface area contributed by atoms with E-state index in [9.17, 15) is 15.0 Å². The molecule has 42 heavy (non-hydrogen) atoms. The fourth-order valence-corrected chi connectivity index (χ4v) is 4.89. The molecule has 0 unspecified atom stereocenters. The first-order valence-corrected chi connectivity index (χ1v) is 13.5. The Kier molecular flexibility index (Phi) is 7.95. The quantitative estimate of drug-likeness (QED) is 0.271. The summed E-state index contributed by atoms with van der Waals surface area (Å²) in [6, 6.07) is 16.7. The summed E-state index contributed by atoms with van der Waals surface area (Å²) < 4.78 is 18.1. The molecule has 1 saturated heterocycles. The van der Waals surface area contributed by atoms with Crippen molar-refractivity contribution in [3.05, 3.63) is 66.4 Å². The van der Waals surface area contributed by atoms with Gasteiger partial charge in [-0.2, -0.15) is 0 Å². The highest BCUT2D eigenvalue weighted by Gasteiger charge is 2.44. The Labute approximate surface area is 243 Å². The second-order valence-electron chi connectivity index (χ2n) is 11.0. The Morgan fingerprint density at radius 1 is 1.07 bits per heavy atom. The Hall–Kier alpha value is -4.39. The van der Waals surface area contributed by atoms with Crippen LogP contribution in [0.1, 0.15) is 32.8 Å². The number of β-amino-alcohol motifs (C(OH)–C–C–N with tert-alkyl or cyclic N) is 1. The van der Waals surface area contributed by atoms with Gasteiger partial charge in [-0.1, -0.05) is 18.2 Å². The van der Waals surface area contributed by atoms with E-state index in [-0.39, 0.29) is 19.5 Å². The van der Waals surface area contributed by atoms with Gasteiger partial charge in [0.2, 0.25) is 5.95 Å². The average molecular weight is 578 g/mol. The van der Waals surface area contributed by atoms with Crippen LogP contribution >= 0.6 is 0 Å². The van der Waals surface area contributed by atoms with Gasteiger partial charge in [0.05, 0.1) is 43.9 Å². The van der Waals surface area contributed by atoms with Crippen LogP contribution in [0.2, 0.25) is 0 Å². The van der Waals surface area contributed by atoms with Crippen LogP contribution in [0.25, 0.3) is 16.8 Å². The van der Waals surface area contributed by atoms with E-state index in [0.29, 0.717) is 22.9 Å². The molecule has 0 radical (unpaired) electrons. The van der Waals surface area contributed by atoms with Gasteiger partial charge >= 0.3 is 6.16 Å². The number of nitrogens with zero attached hydrogens (tertiary/aromatic N) is 4. The van der Waals surface area contributed by atoms with Crippen LogP contribution in [0.4, 0.5) is 16.4 Å². The summed E-state index contributed by atoms with van der Waals surface area (Å²) in [6.45, 7) is 5.28. The number of piperidine rings is 1. The van der Waals surface area contributed by atoms with Gasteiger partial charge < -0.3 is 34.6 Å². The Morgan fingerprint density at radius 2 is 1.83 bits per heavy atom. The van der Waals surface area contributed by atoms with Gasteiger partial charge in [0.1, 0.15) is 28.8 Å². The van der Waals surface area contributed by atoms with Crippen LogP contribution in [-0.2, 0) is 15.2 Å². The van der Waals surface area contributed by atoms with Crippen molar-refractivity contribution in [3.63, 3.8) is 0 Å². The number of hydroxylamine groups is 2. The summed E-state index contributed by atoms with van der Waals surface area (Å²) in [5.74, 6) is 1.47. The minimum atomic E-state index is -1.59. The standard InChI is InChI=1S/C30H35N5O7/c1-29(2,3)41-28(37)42-34-15-14-30(38,26(36)18-34)19-10-12-22(25(16-19)40-5)32-27-31-17-20-11-13-23(35(20)33-27)21-8-6-7-9-24(21)39-4/h6-13,16-17,26,36,38H,14-15,18H2,1-5H3,(H,32,33)/t26-,30-/m0/s1. The number of carbonyl (C=O) groups excluding carboxylic acids is 1. The molecule has 2 atom stereocenters. The summed E-state index contributed by atoms with van der Waals surface area (Å²) in [6.07, 6.45) is -0.300. The van der Waals surface area contributed by atoms with Gasteiger partial charge in [0, 0.05) is 12.1 Å². The molecule has 2 aromatic carbocycles. The SMILES string of the molecule is COc1cc([C@@]2(O)CCN(OC(=O)OC(C)(C)C)C[C@@H]2O)ccc1Nc1ncc2ccc(-c3ccccc3OC)n2n1. The molecule has 0 aliphatic carbocycles. The molecular weight excluding hydrogens is 542 g/mol. The first kappa shape index (κ1) is 29.1. The lowest BCUT2D eigenvalue weighted by Gasteiger charge is -2.41. The van der Waals surface area contributed by atoms with Crippen molar-refractivity contribution in [1.82, 2.24) is 19.7 Å². The predicted octanol–water partition coefficient (Wildman–Crippen LogP) is 4.28. The number of anilines is 2. The molecule has 3 heterocycles. The van der Waals surface area contributed by atoms with Gasteiger partial charge in [-0.05, 0) is 69.2 Å². The number of para-hydroxylation sites is 1. The molecule has 1 fully saturated rings. The number of ether oxygens (including phenoxy) is 3. The van der Waals surface area contributed by atoms with E-state index in [0.717, 1.165) is 22.5 Å². The maximum Gasteiger partial charge on any atom is 0.528 e. The van der Waals surface area contributed by atoms with Gasteiger partial charge in [-0.3, -0.25) is 0 Å². The smallest absolute Gasteiger partial charge is 0.496 e. The van der Waals surface area contributed by atoms with E-state index >= 15 is 0 Å². The number of rotatable bonds is 7. The van der Waals surface area contributed by atoms with Crippen LogP contribution < -0.4 is 14.8 Å². The molecule has 0 amide bonds. The van der Waals surface area contributed by atoms with E-state index in [1.807, 2.05) is 36.4 Å². The number of hydrogen-bond acceptors (Lipinski definition) is 11. The highest BCUT2D eigenvalue weighted by Crippen LogP contribution is 2.38. The van der Waals surface area contributed by atoms with Crippen LogP contribution in [0, 0.1) is 0 Å². The van der Waals surface area contributed by atoms with Crippen molar-refractivity contribution in [2.75, 3.05) is 32.6 Å². The van der Waals surface area contributed by atoms with Crippen molar-refractivity contribution in [1.29, 1.82) is 0 Å². The lowest BCUT2D eigenvalue weighted by atomic mass is 9.82. The molecule has 222 valence electrons. The maximum atomic E-state index is 12.0. The highest BCUT2D eigenvalue weighted by atomic mass is 16.8. The zero-order valence-corrected chi connectivity index (χ0v) is 24.2. The number of aliphatic hydroxyl groups excluding tert-OH is 1. The normalized spacial score (nSPS) is 19.4. The zero-order valence-electron chi connectivity index (χ0n) is 24.2. The summed E-state index contributed by atoms with van der Waals surface area (Å²) >= 11 is 0. The van der Waals surface area contributed by atoms with E-state index < -0.39 is 23.5 Å². The van der Waals surface area contributed by atoms with Crippen molar-refractivity contribution in [2.24, 2.45) is 0 Å². The van der Waals surface area contributed by atoms with E-state index in [1.54, 1.807) is 56.8 Å². The number of hydrogen-bond donors (Lipinski definition) is 3. The van der Waals surface area contributed by atoms with Gasteiger partial charge in [0.15, 0.2) is 0 Å². The van der Waals surface area contributed by atoms with Crippen molar-refractivity contribution < 1.29 is 34.1 Å². The molecule has 4 aromatic rings. The fourth-order valence-electron chi connectivity index (χ4n) is 4.89. The largest absolute Gasteiger partial charge is 0.528 e. The molecule has 1 aliphatic heterocycles. The average Bonchev–Trinajstić information content (AvgIpc) is 3.37. The Morgan fingerprint density at radius 3 is 2.55 bits per heavy atom. The third-order valence-electron chi connectivity index (χ3n) is 6.99. The van der Waals surface area contributed by atoms with Gasteiger partial charge in [0.25, 0.3) is 0 Å². The maximum absolute atomic E-state index is 12.0. The summed E-state index contributed by atoms with van der Waals surface area (Å²) in [7, 11) is 3.14. The number of aromatic nitrogens is 3. The predicted molar refractivity (Wildman–Crippen MR) is 155 cm³/mol. The minimum absolute atomic E-state index is 0.0999. The summed E-state index contributed by atoms with van der Waals surface area (Å²) in [5.41, 5.74) is 1.25. The number of carbonyl (C=O) groups is 1. The monoisotopic (exact) mass is 577 g/mol. The Balaban J connectivity index is 1.35. The number of fused-ring (bicyclic) bond motifs is 1. The van der Waals surface area contributed by atoms with Gasteiger partial charge in [-0.25, -0.2) is 14.3 Å². The molecular formula is C30H35N5O7. The van der Waals surface area contributed by atoms with Crippen LogP contribution in [0.3, 0.4) is 0 Å². The molecule has 0 spiro atoms. The minimum Gasteiger partial charge on any atom is -0.496 e. The molecule has 2 aromatic heterocycles. The van der Waals surface area contributed by atoms with Crippen molar-refractivity contribution >= 4 is 23.3 Å². The van der Waals surface area contributed by atoms with Gasteiger partial charge in [-0.15, -0.1) is 10.2 Å². The van der Waals surface area contributed by atoms with E-state index in [1.165, 1.54) is 12.2 Å². The third kappa shape index (κ3) is 5.96. The second kappa shape index (κ2) is 11.5. The fraction of sp³-hybridized carbons (Fsp3) is 0.367. The van der Waals surface area contributed by atoms with E-state index in [2.05, 4.69) is 15.4 Å². The molecule has 12 nitrogen and oxygen atoms in total. The lowest BCUT2D eigenvalue weighted by molar-refractivity contribution is -0.214. The second-order valence-corrected chi connectivity index (χ2v) is 11.0. The molecule has 0 bridgehead atoms. The molecule has 5 rings (SSSR count). The first-order valence-electron chi connectivity index (χ1n) is 13.5.